The summed E-state index contributed by atoms with van der Waals surface area (Å²) >= 11 is 0. The van der Waals surface area contributed by atoms with Crippen molar-refractivity contribution in [3.8, 4) is 28.0 Å². The van der Waals surface area contributed by atoms with Gasteiger partial charge in [0.2, 0.25) is 0 Å². The third kappa shape index (κ3) is 7.11. The van der Waals surface area contributed by atoms with Crippen LogP contribution in [0.1, 0.15) is 137 Å². The first-order chi connectivity index (χ1) is 19.9. The van der Waals surface area contributed by atoms with Crippen molar-refractivity contribution >= 4 is 8.60 Å². The van der Waals surface area contributed by atoms with E-state index in [1.54, 1.807) is 0 Å². The van der Waals surface area contributed by atoms with Gasteiger partial charge in [-0.25, -0.2) is 0 Å². The third-order valence-electron chi connectivity index (χ3n) is 8.74. The van der Waals surface area contributed by atoms with E-state index in [-0.39, 0.29) is 33.9 Å². The van der Waals surface area contributed by atoms with Crippen molar-refractivity contribution in [2.45, 2.75) is 138 Å². The van der Waals surface area contributed by atoms with E-state index in [9.17, 15) is 0 Å². The van der Waals surface area contributed by atoms with Gasteiger partial charge in [-0.3, -0.25) is 9.05 Å². The van der Waals surface area contributed by atoms with Gasteiger partial charge in [0.25, 0.3) is 0 Å². The average Bonchev–Trinajstić information content (AvgIpc) is 2.83. The number of rotatable bonds is 4. The van der Waals surface area contributed by atoms with Crippen LogP contribution in [0.15, 0.2) is 42.5 Å². The monoisotopic (exact) mass is 616 g/mol. The molecule has 44 heavy (non-hydrogen) atoms. The zero-order valence-electron chi connectivity index (χ0n) is 30.4. The molecule has 0 radical (unpaired) electrons. The molecule has 0 saturated carbocycles. The molecule has 0 spiro atoms. The summed E-state index contributed by atoms with van der Waals surface area (Å²) < 4.78 is 18.0. The van der Waals surface area contributed by atoms with Crippen molar-refractivity contribution in [3.05, 3.63) is 75.8 Å². The fourth-order valence-corrected chi connectivity index (χ4v) is 6.74. The maximum absolute atomic E-state index is 6.61. The van der Waals surface area contributed by atoms with Crippen LogP contribution in [0, 0.1) is 6.92 Å². The highest BCUT2D eigenvalue weighted by molar-refractivity contribution is 7.43. The van der Waals surface area contributed by atoms with Crippen molar-refractivity contribution in [1.82, 2.24) is 0 Å². The first-order valence-electron chi connectivity index (χ1n) is 16.1. The minimum atomic E-state index is -1.41. The van der Waals surface area contributed by atoms with Gasteiger partial charge in [0.15, 0.2) is 6.79 Å². The standard InChI is InChI=1S/C40H57O3P/c1-25-30(28-19-17-26(36(2,3)4)21-31(28)38(8,9)10)23-33(43-44-41-24-42-44)35(40(14,15)16)34(25)29-20-18-27(37(5,6)7)22-32(29)39(11,12)13/h17-23H,24H2,1-16H3. The van der Waals surface area contributed by atoms with Gasteiger partial charge >= 0.3 is 8.60 Å². The molecule has 0 N–H and O–H groups in total. The minimum Gasteiger partial charge on any atom is -0.426 e. The Hall–Kier alpha value is -2.19. The Bertz CT molecular complexity index is 1530. The van der Waals surface area contributed by atoms with Crippen LogP contribution in [0.2, 0.25) is 0 Å². The summed E-state index contributed by atoms with van der Waals surface area (Å²) in [7, 11) is -1.41. The normalized spacial score (nSPS) is 15.4. The van der Waals surface area contributed by atoms with Crippen LogP contribution < -0.4 is 4.52 Å². The Morgan fingerprint density at radius 2 is 1.00 bits per heavy atom. The van der Waals surface area contributed by atoms with E-state index in [0.29, 0.717) is 0 Å². The van der Waals surface area contributed by atoms with E-state index in [1.165, 1.54) is 55.6 Å². The lowest BCUT2D eigenvalue weighted by Gasteiger charge is -2.35. The Morgan fingerprint density at radius 1 is 0.545 bits per heavy atom. The molecule has 3 aromatic rings. The summed E-state index contributed by atoms with van der Waals surface area (Å²) in [6.45, 7) is 37.1. The zero-order valence-corrected chi connectivity index (χ0v) is 31.3. The van der Waals surface area contributed by atoms with Crippen molar-refractivity contribution in [2.24, 2.45) is 0 Å². The maximum atomic E-state index is 6.61. The molecule has 3 aromatic carbocycles. The van der Waals surface area contributed by atoms with Gasteiger partial charge in [0.05, 0.1) is 0 Å². The van der Waals surface area contributed by atoms with E-state index in [0.717, 1.165) is 5.75 Å². The summed E-state index contributed by atoms with van der Waals surface area (Å²) in [5.41, 5.74) is 12.6. The molecule has 0 atom stereocenters. The molecule has 1 aliphatic rings. The molecule has 240 valence electrons. The van der Waals surface area contributed by atoms with E-state index in [2.05, 4.69) is 153 Å². The zero-order chi connectivity index (χ0) is 33.2. The summed E-state index contributed by atoms with van der Waals surface area (Å²) in [6.07, 6.45) is 0. The first-order valence-corrected chi connectivity index (χ1v) is 17.2. The minimum absolute atomic E-state index is 0.0501. The predicted octanol–water partition coefficient (Wildman–Crippen LogP) is 12.4. The Kier molecular flexibility index (Phi) is 9.11. The number of benzene rings is 3. The average molecular weight is 617 g/mol. The van der Waals surface area contributed by atoms with Gasteiger partial charge in [-0.05, 0) is 90.1 Å². The molecule has 1 fully saturated rings. The second kappa shape index (κ2) is 11.6. The van der Waals surface area contributed by atoms with Crippen molar-refractivity contribution in [2.75, 3.05) is 6.79 Å². The summed E-state index contributed by atoms with van der Waals surface area (Å²) in [6, 6.07) is 16.5. The van der Waals surface area contributed by atoms with E-state index < -0.39 is 8.60 Å². The molecule has 1 heterocycles. The second-order valence-electron chi connectivity index (χ2n) is 17.8. The molecular weight excluding hydrogens is 559 g/mol. The van der Waals surface area contributed by atoms with Crippen LogP contribution in [-0.4, -0.2) is 6.79 Å². The van der Waals surface area contributed by atoms with Crippen LogP contribution in [0.4, 0.5) is 0 Å². The molecular formula is C40H57O3P. The SMILES string of the molecule is Cc1c(-c2ccc(C(C)(C)C)cc2C(C)(C)C)cc(OP2OCO2)c(C(C)(C)C)c1-c1ccc(C(C)(C)C)cc1C(C)(C)C. The van der Waals surface area contributed by atoms with Crippen molar-refractivity contribution < 1.29 is 13.6 Å². The van der Waals surface area contributed by atoms with Crippen LogP contribution in [-0.2, 0) is 36.1 Å². The topological polar surface area (TPSA) is 27.7 Å². The van der Waals surface area contributed by atoms with Crippen LogP contribution in [0.5, 0.6) is 5.75 Å². The third-order valence-corrected chi connectivity index (χ3v) is 9.71. The molecule has 0 amide bonds. The fourth-order valence-electron chi connectivity index (χ4n) is 6.13. The highest BCUT2D eigenvalue weighted by atomic mass is 31.2. The number of hydrogen-bond donors (Lipinski definition) is 0. The van der Waals surface area contributed by atoms with E-state index in [1.807, 2.05) is 0 Å². The Balaban J connectivity index is 2.18. The lowest BCUT2D eigenvalue weighted by Crippen LogP contribution is -2.21. The van der Waals surface area contributed by atoms with Crippen molar-refractivity contribution in [1.29, 1.82) is 0 Å². The van der Waals surface area contributed by atoms with Gasteiger partial charge in [-0.2, -0.15) is 0 Å². The maximum Gasteiger partial charge on any atom is 0.401 e. The van der Waals surface area contributed by atoms with Gasteiger partial charge in [-0.1, -0.05) is 140 Å². The lowest BCUT2D eigenvalue weighted by molar-refractivity contribution is 0.0106. The molecule has 1 aliphatic heterocycles. The van der Waals surface area contributed by atoms with Crippen LogP contribution in [0.25, 0.3) is 22.3 Å². The Morgan fingerprint density at radius 3 is 1.39 bits per heavy atom. The van der Waals surface area contributed by atoms with Gasteiger partial charge < -0.3 is 4.52 Å². The molecule has 0 aromatic heterocycles. The molecule has 0 bridgehead atoms. The lowest BCUT2D eigenvalue weighted by atomic mass is 9.71. The quantitative estimate of drug-likeness (QED) is 0.273. The second-order valence-corrected chi connectivity index (χ2v) is 18.9. The van der Waals surface area contributed by atoms with Gasteiger partial charge in [0.1, 0.15) is 5.75 Å². The first kappa shape index (κ1) is 34.7. The molecule has 1 saturated heterocycles. The molecule has 0 unspecified atom stereocenters. The highest BCUT2D eigenvalue weighted by Crippen LogP contribution is 2.55. The van der Waals surface area contributed by atoms with E-state index in [4.69, 9.17) is 13.6 Å². The highest BCUT2D eigenvalue weighted by Gasteiger charge is 2.35. The van der Waals surface area contributed by atoms with E-state index >= 15 is 0 Å². The molecule has 4 rings (SSSR count). The Labute approximate surface area is 270 Å². The van der Waals surface area contributed by atoms with Gasteiger partial charge in [0, 0.05) is 5.56 Å². The van der Waals surface area contributed by atoms with Crippen LogP contribution in [0.3, 0.4) is 0 Å². The summed E-state index contributed by atoms with van der Waals surface area (Å²) in [5, 5.41) is 0. The molecule has 4 heteroatoms. The summed E-state index contributed by atoms with van der Waals surface area (Å²) in [5.74, 6) is 0.846. The van der Waals surface area contributed by atoms with Gasteiger partial charge in [-0.15, -0.1) is 0 Å². The predicted molar refractivity (Wildman–Crippen MR) is 190 cm³/mol. The smallest absolute Gasteiger partial charge is 0.401 e. The van der Waals surface area contributed by atoms with Crippen molar-refractivity contribution in [3.63, 3.8) is 0 Å². The largest absolute Gasteiger partial charge is 0.426 e. The molecule has 0 aliphatic carbocycles. The molecule has 3 nitrogen and oxygen atoms in total. The fraction of sp³-hybridized carbons (Fsp3) is 0.550. The summed E-state index contributed by atoms with van der Waals surface area (Å²) in [4.78, 5) is 0. The number of hydrogen-bond acceptors (Lipinski definition) is 3. The van der Waals surface area contributed by atoms with Crippen LogP contribution >= 0.6 is 8.60 Å².